The minimum absolute atomic E-state index is 0.300. The van der Waals surface area contributed by atoms with Crippen LogP contribution >= 0.6 is 0 Å². The van der Waals surface area contributed by atoms with Crippen LogP contribution in [-0.2, 0) is 10.3 Å². The summed E-state index contributed by atoms with van der Waals surface area (Å²) in [6.45, 7) is 2.25. The van der Waals surface area contributed by atoms with Gasteiger partial charge in [-0.3, -0.25) is 0 Å². The van der Waals surface area contributed by atoms with Crippen molar-refractivity contribution < 1.29 is 4.74 Å². The van der Waals surface area contributed by atoms with Crippen LogP contribution in [0.15, 0.2) is 12.4 Å². The van der Waals surface area contributed by atoms with Crippen molar-refractivity contribution in [3.8, 4) is 0 Å². The van der Waals surface area contributed by atoms with E-state index >= 15 is 0 Å². The van der Waals surface area contributed by atoms with Gasteiger partial charge in [0.2, 0.25) is 0 Å². The SMILES string of the molecule is COC1(c2ncc(N)cn2)CCCC(C)C1. The van der Waals surface area contributed by atoms with Crippen LogP contribution in [0.3, 0.4) is 0 Å². The lowest BCUT2D eigenvalue weighted by Gasteiger charge is -2.37. The molecule has 1 aliphatic rings. The highest BCUT2D eigenvalue weighted by Gasteiger charge is 2.39. The van der Waals surface area contributed by atoms with E-state index in [9.17, 15) is 0 Å². The zero-order valence-corrected chi connectivity index (χ0v) is 9.94. The summed E-state index contributed by atoms with van der Waals surface area (Å²) >= 11 is 0. The average Bonchev–Trinajstić information content (AvgIpc) is 2.29. The molecule has 0 saturated heterocycles. The van der Waals surface area contributed by atoms with Crippen molar-refractivity contribution in [2.45, 2.75) is 38.2 Å². The van der Waals surface area contributed by atoms with Crippen molar-refractivity contribution >= 4 is 5.69 Å². The number of ether oxygens (including phenoxy) is 1. The molecule has 4 nitrogen and oxygen atoms in total. The van der Waals surface area contributed by atoms with E-state index in [1.165, 1.54) is 12.8 Å². The van der Waals surface area contributed by atoms with Crippen molar-refractivity contribution in [3.63, 3.8) is 0 Å². The van der Waals surface area contributed by atoms with Gasteiger partial charge in [0.05, 0.1) is 18.1 Å². The van der Waals surface area contributed by atoms with Crippen molar-refractivity contribution in [2.24, 2.45) is 5.92 Å². The van der Waals surface area contributed by atoms with Gasteiger partial charge in [-0.2, -0.15) is 0 Å². The Morgan fingerprint density at radius 2 is 2.12 bits per heavy atom. The number of methoxy groups -OCH3 is 1. The number of nitrogens with two attached hydrogens (primary N) is 1. The van der Waals surface area contributed by atoms with Crippen molar-refractivity contribution in [1.29, 1.82) is 0 Å². The molecule has 0 amide bonds. The summed E-state index contributed by atoms with van der Waals surface area (Å²) in [4.78, 5) is 8.64. The molecule has 0 spiro atoms. The summed E-state index contributed by atoms with van der Waals surface area (Å²) in [5, 5.41) is 0. The second-order valence-corrected chi connectivity index (χ2v) is 4.74. The number of hydrogen-bond acceptors (Lipinski definition) is 4. The molecule has 0 bridgehead atoms. The van der Waals surface area contributed by atoms with E-state index in [0.717, 1.165) is 18.7 Å². The molecule has 2 N–H and O–H groups in total. The molecule has 1 fully saturated rings. The first kappa shape index (κ1) is 11.3. The first-order valence-corrected chi connectivity index (χ1v) is 5.79. The number of nitrogens with zero attached hydrogens (tertiary/aromatic N) is 2. The van der Waals surface area contributed by atoms with Gasteiger partial charge in [0, 0.05) is 7.11 Å². The molecule has 0 radical (unpaired) electrons. The van der Waals surface area contributed by atoms with Crippen LogP contribution in [0.4, 0.5) is 5.69 Å². The number of anilines is 1. The molecule has 1 aromatic rings. The Morgan fingerprint density at radius 3 is 2.69 bits per heavy atom. The molecule has 1 heterocycles. The minimum Gasteiger partial charge on any atom is -0.396 e. The predicted molar refractivity (Wildman–Crippen MR) is 62.8 cm³/mol. The lowest BCUT2D eigenvalue weighted by molar-refractivity contribution is -0.0646. The van der Waals surface area contributed by atoms with Crippen LogP contribution in [0.5, 0.6) is 0 Å². The Balaban J connectivity index is 2.29. The molecular formula is C12H19N3O. The Kier molecular flexibility index (Phi) is 3.10. The quantitative estimate of drug-likeness (QED) is 0.830. The molecule has 1 saturated carbocycles. The normalized spacial score (nSPS) is 30.2. The third-order valence-electron chi connectivity index (χ3n) is 3.43. The minimum atomic E-state index is -0.300. The lowest BCUT2D eigenvalue weighted by atomic mass is 9.78. The van der Waals surface area contributed by atoms with Gasteiger partial charge in [-0.05, 0) is 25.2 Å². The van der Waals surface area contributed by atoms with Gasteiger partial charge >= 0.3 is 0 Å². The first-order chi connectivity index (χ1) is 7.66. The zero-order chi connectivity index (χ0) is 11.6. The summed E-state index contributed by atoms with van der Waals surface area (Å²) in [5.41, 5.74) is 5.90. The number of aromatic nitrogens is 2. The van der Waals surface area contributed by atoms with Crippen molar-refractivity contribution in [3.05, 3.63) is 18.2 Å². The maximum atomic E-state index is 5.71. The van der Waals surface area contributed by atoms with Gasteiger partial charge < -0.3 is 10.5 Å². The standard InChI is InChI=1S/C12H19N3O/c1-9-4-3-5-12(6-9,16-2)11-14-7-10(13)8-15-11/h7-9H,3-6,13H2,1-2H3. The molecule has 0 aliphatic heterocycles. The molecule has 1 aromatic heterocycles. The Morgan fingerprint density at radius 1 is 1.44 bits per heavy atom. The summed E-state index contributed by atoms with van der Waals surface area (Å²) in [5.74, 6) is 1.44. The van der Waals surface area contributed by atoms with Gasteiger partial charge in [0.1, 0.15) is 5.60 Å². The first-order valence-electron chi connectivity index (χ1n) is 5.79. The largest absolute Gasteiger partial charge is 0.396 e. The van der Waals surface area contributed by atoms with E-state index in [1.54, 1.807) is 19.5 Å². The number of rotatable bonds is 2. The molecule has 2 rings (SSSR count). The van der Waals surface area contributed by atoms with E-state index in [0.29, 0.717) is 11.6 Å². The van der Waals surface area contributed by atoms with Crippen molar-refractivity contribution in [2.75, 3.05) is 12.8 Å². The lowest BCUT2D eigenvalue weighted by Crippen LogP contribution is -2.36. The van der Waals surface area contributed by atoms with E-state index in [4.69, 9.17) is 10.5 Å². The van der Waals surface area contributed by atoms with Crippen LogP contribution in [0.2, 0.25) is 0 Å². The van der Waals surface area contributed by atoms with Crippen LogP contribution in [0.1, 0.15) is 38.4 Å². The highest BCUT2D eigenvalue weighted by atomic mass is 16.5. The Labute approximate surface area is 96.2 Å². The van der Waals surface area contributed by atoms with Gasteiger partial charge in [0.15, 0.2) is 5.82 Å². The second-order valence-electron chi connectivity index (χ2n) is 4.74. The highest BCUT2D eigenvalue weighted by Crippen LogP contribution is 2.40. The van der Waals surface area contributed by atoms with Gasteiger partial charge in [-0.25, -0.2) is 9.97 Å². The third-order valence-corrected chi connectivity index (χ3v) is 3.43. The van der Waals surface area contributed by atoms with E-state index in [-0.39, 0.29) is 5.60 Å². The fourth-order valence-corrected chi connectivity index (χ4v) is 2.56. The number of nitrogen functional groups attached to an aromatic ring is 1. The van der Waals surface area contributed by atoms with Crippen LogP contribution in [0, 0.1) is 5.92 Å². The average molecular weight is 221 g/mol. The Bertz CT molecular complexity index is 352. The van der Waals surface area contributed by atoms with Gasteiger partial charge in [0.25, 0.3) is 0 Å². The van der Waals surface area contributed by atoms with Gasteiger partial charge in [-0.15, -0.1) is 0 Å². The topological polar surface area (TPSA) is 61.0 Å². The maximum absolute atomic E-state index is 5.71. The summed E-state index contributed by atoms with van der Waals surface area (Å²) in [6, 6.07) is 0. The van der Waals surface area contributed by atoms with E-state index < -0.39 is 0 Å². The van der Waals surface area contributed by atoms with E-state index in [2.05, 4.69) is 16.9 Å². The van der Waals surface area contributed by atoms with Crippen molar-refractivity contribution in [1.82, 2.24) is 9.97 Å². The zero-order valence-electron chi connectivity index (χ0n) is 9.94. The Hall–Kier alpha value is -1.16. The maximum Gasteiger partial charge on any atom is 0.160 e. The molecule has 16 heavy (non-hydrogen) atoms. The molecule has 1 aliphatic carbocycles. The highest BCUT2D eigenvalue weighted by molar-refractivity contribution is 5.30. The fourth-order valence-electron chi connectivity index (χ4n) is 2.56. The molecule has 4 heteroatoms. The van der Waals surface area contributed by atoms with Crippen LogP contribution in [0.25, 0.3) is 0 Å². The molecule has 2 unspecified atom stereocenters. The monoisotopic (exact) mass is 221 g/mol. The number of hydrogen-bond donors (Lipinski definition) is 1. The summed E-state index contributed by atoms with van der Waals surface area (Å²) in [7, 11) is 1.75. The predicted octanol–water partition coefficient (Wildman–Crippen LogP) is 2.11. The van der Waals surface area contributed by atoms with Crippen LogP contribution < -0.4 is 5.73 Å². The summed E-state index contributed by atoms with van der Waals surface area (Å²) < 4.78 is 5.71. The van der Waals surface area contributed by atoms with Gasteiger partial charge in [-0.1, -0.05) is 13.3 Å². The van der Waals surface area contributed by atoms with E-state index in [1.807, 2.05) is 0 Å². The summed E-state index contributed by atoms with van der Waals surface area (Å²) in [6.07, 6.45) is 7.73. The smallest absolute Gasteiger partial charge is 0.160 e. The molecule has 2 atom stereocenters. The van der Waals surface area contributed by atoms with Crippen LogP contribution in [-0.4, -0.2) is 17.1 Å². The molecular weight excluding hydrogens is 202 g/mol. The third kappa shape index (κ3) is 2.02. The second kappa shape index (κ2) is 4.37. The fraction of sp³-hybridized carbons (Fsp3) is 0.667. The molecule has 88 valence electrons. The molecule has 0 aromatic carbocycles.